The quantitative estimate of drug-likeness (QED) is 0.732. The number of carboxylic acids is 1. The summed E-state index contributed by atoms with van der Waals surface area (Å²) < 4.78 is 5.18. The third-order valence-corrected chi connectivity index (χ3v) is 3.27. The van der Waals surface area contributed by atoms with E-state index in [1.54, 1.807) is 24.3 Å². The molecule has 1 unspecified atom stereocenters. The molecule has 0 saturated carbocycles. The molecule has 0 aliphatic carbocycles. The maximum Gasteiger partial charge on any atom is 0.341 e. The predicted octanol–water partition coefficient (Wildman–Crippen LogP) is 3.30. The van der Waals surface area contributed by atoms with Gasteiger partial charge in [-0.25, -0.2) is 4.79 Å². The Kier molecular flexibility index (Phi) is 7.29. The van der Waals surface area contributed by atoms with E-state index in [1.807, 2.05) is 6.92 Å². The van der Waals surface area contributed by atoms with Crippen molar-refractivity contribution < 1.29 is 19.4 Å². The van der Waals surface area contributed by atoms with E-state index in [0.29, 0.717) is 11.4 Å². The normalized spacial score (nSPS) is 11.7. The van der Waals surface area contributed by atoms with E-state index in [-0.39, 0.29) is 11.8 Å². The van der Waals surface area contributed by atoms with Crippen LogP contribution in [0.1, 0.15) is 39.5 Å². The van der Waals surface area contributed by atoms with Crippen molar-refractivity contribution >= 4 is 17.6 Å². The molecule has 21 heavy (non-hydrogen) atoms. The lowest BCUT2D eigenvalue weighted by Crippen LogP contribution is -2.23. The molecule has 0 bridgehead atoms. The van der Waals surface area contributed by atoms with Crippen molar-refractivity contribution in [3.63, 3.8) is 0 Å². The Morgan fingerprint density at radius 3 is 2.62 bits per heavy atom. The minimum absolute atomic E-state index is 0.0301. The third-order valence-electron chi connectivity index (χ3n) is 3.27. The number of anilines is 1. The van der Waals surface area contributed by atoms with E-state index in [2.05, 4.69) is 12.2 Å². The lowest BCUT2D eigenvalue weighted by Gasteiger charge is -2.16. The van der Waals surface area contributed by atoms with Gasteiger partial charge in [0, 0.05) is 5.92 Å². The van der Waals surface area contributed by atoms with Crippen molar-refractivity contribution in [3.8, 4) is 5.75 Å². The number of hydrogen-bond donors (Lipinski definition) is 2. The number of amides is 1. The summed E-state index contributed by atoms with van der Waals surface area (Å²) in [4.78, 5) is 22.8. The lowest BCUT2D eigenvalue weighted by molar-refractivity contribution is -0.139. The minimum atomic E-state index is -1.05. The Morgan fingerprint density at radius 2 is 2.00 bits per heavy atom. The molecule has 0 aliphatic heterocycles. The summed E-state index contributed by atoms with van der Waals surface area (Å²) in [5.74, 6) is -0.751. The summed E-state index contributed by atoms with van der Waals surface area (Å²) in [6.07, 6.45) is 3.71. The van der Waals surface area contributed by atoms with Crippen molar-refractivity contribution in [3.05, 3.63) is 24.3 Å². The van der Waals surface area contributed by atoms with Gasteiger partial charge in [0.25, 0.3) is 0 Å². The molecule has 0 radical (unpaired) electrons. The molecule has 0 aromatic heterocycles. The maximum atomic E-state index is 12.3. The average Bonchev–Trinajstić information content (AvgIpc) is 2.47. The topological polar surface area (TPSA) is 75.6 Å². The lowest BCUT2D eigenvalue weighted by atomic mass is 9.98. The molecule has 1 aromatic rings. The molecule has 5 heteroatoms. The highest BCUT2D eigenvalue weighted by Crippen LogP contribution is 2.25. The van der Waals surface area contributed by atoms with Gasteiger partial charge in [0.15, 0.2) is 6.61 Å². The second-order valence-electron chi connectivity index (χ2n) is 4.92. The van der Waals surface area contributed by atoms with E-state index in [0.717, 1.165) is 25.7 Å². The molecule has 5 nitrogen and oxygen atoms in total. The zero-order valence-electron chi connectivity index (χ0n) is 12.6. The van der Waals surface area contributed by atoms with Crippen LogP contribution in [-0.4, -0.2) is 23.6 Å². The molecule has 1 aromatic carbocycles. The van der Waals surface area contributed by atoms with Crippen molar-refractivity contribution in [2.45, 2.75) is 39.5 Å². The number of para-hydroxylation sites is 2. The summed E-state index contributed by atoms with van der Waals surface area (Å²) >= 11 is 0. The van der Waals surface area contributed by atoms with Gasteiger partial charge in [-0.2, -0.15) is 0 Å². The number of aliphatic carboxylic acids is 1. The van der Waals surface area contributed by atoms with E-state index in [1.165, 1.54) is 0 Å². The van der Waals surface area contributed by atoms with Gasteiger partial charge in [-0.1, -0.05) is 38.8 Å². The van der Waals surface area contributed by atoms with Crippen LogP contribution in [0.25, 0.3) is 0 Å². The maximum absolute atomic E-state index is 12.3. The van der Waals surface area contributed by atoms with Crippen LogP contribution in [0.3, 0.4) is 0 Å². The molecule has 0 heterocycles. The molecular formula is C16H23NO4. The van der Waals surface area contributed by atoms with Crippen LogP contribution in [0.4, 0.5) is 5.69 Å². The largest absolute Gasteiger partial charge is 0.480 e. The van der Waals surface area contributed by atoms with Crippen molar-refractivity contribution in [2.75, 3.05) is 11.9 Å². The van der Waals surface area contributed by atoms with Gasteiger partial charge in [-0.05, 0) is 25.0 Å². The number of unbranched alkanes of at least 4 members (excludes halogenated alkanes) is 1. The fourth-order valence-electron chi connectivity index (χ4n) is 2.04. The summed E-state index contributed by atoms with van der Waals surface area (Å²) in [6, 6.07) is 6.87. The number of carboxylic acid groups (broad SMARTS) is 1. The number of benzene rings is 1. The third kappa shape index (κ3) is 5.85. The first kappa shape index (κ1) is 17.0. The average molecular weight is 293 g/mol. The van der Waals surface area contributed by atoms with Crippen molar-refractivity contribution in [1.82, 2.24) is 0 Å². The van der Waals surface area contributed by atoms with Gasteiger partial charge < -0.3 is 15.2 Å². The summed E-state index contributed by atoms with van der Waals surface area (Å²) in [7, 11) is 0. The monoisotopic (exact) mass is 293 g/mol. The number of rotatable bonds is 9. The van der Waals surface area contributed by atoms with Crippen LogP contribution in [-0.2, 0) is 9.59 Å². The molecule has 1 rings (SSSR count). The van der Waals surface area contributed by atoms with E-state index in [4.69, 9.17) is 9.84 Å². The molecule has 0 fully saturated rings. The number of ether oxygens (including phenoxy) is 1. The second kappa shape index (κ2) is 9.00. The van der Waals surface area contributed by atoms with Gasteiger partial charge >= 0.3 is 5.97 Å². The second-order valence-corrected chi connectivity index (χ2v) is 4.92. The summed E-state index contributed by atoms with van der Waals surface area (Å²) in [5, 5.41) is 11.5. The smallest absolute Gasteiger partial charge is 0.341 e. The van der Waals surface area contributed by atoms with Crippen molar-refractivity contribution in [2.24, 2.45) is 5.92 Å². The Balaban J connectivity index is 2.72. The first-order valence-electron chi connectivity index (χ1n) is 7.32. The zero-order chi connectivity index (χ0) is 15.7. The van der Waals surface area contributed by atoms with Crippen LogP contribution in [0.2, 0.25) is 0 Å². The number of carbonyl (C=O) groups is 2. The standard InChI is InChI=1S/C16H23NO4/c1-3-5-8-12(4-2)16(20)17-13-9-6-7-10-14(13)21-11-15(18)19/h6-7,9-10,12H,3-5,8,11H2,1-2H3,(H,17,20)(H,18,19). The molecule has 1 amide bonds. The van der Waals surface area contributed by atoms with Crippen LogP contribution >= 0.6 is 0 Å². The number of hydrogen-bond acceptors (Lipinski definition) is 3. The van der Waals surface area contributed by atoms with Crippen molar-refractivity contribution in [1.29, 1.82) is 0 Å². The highest BCUT2D eigenvalue weighted by atomic mass is 16.5. The molecular weight excluding hydrogens is 270 g/mol. The SMILES string of the molecule is CCCCC(CC)C(=O)Nc1ccccc1OCC(=O)O. The van der Waals surface area contributed by atoms with Gasteiger partial charge in [-0.3, -0.25) is 4.79 Å². The molecule has 2 N–H and O–H groups in total. The molecule has 0 saturated heterocycles. The van der Waals surface area contributed by atoms with Gasteiger partial charge in [-0.15, -0.1) is 0 Å². The number of carbonyl (C=O) groups excluding carboxylic acids is 1. The number of nitrogens with one attached hydrogen (secondary N) is 1. The van der Waals surface area contributed by atoms with Crippen LogP contribution in [0.5, 0.6) is 5.75 Å². The Labute approximate surface area is 125 Å². The molecule has 116 valence electrons. The Morgan fingerprint density at radius 1 is 1.29 bits per heavy atom. The first-order valence-corrected chi connectivity index (χ1v) is 7.32. The fraction of sp³-hybridized carbons (Fsp3) is 0.500. The van der Waals surface area contributed by atoms with E-state index < -0.39 is 12.6 Å². The minimum Gasteiger partial charge on any atom is -0.480 e. The zero-order valence-corrected chi connectivity index (χ0v) is 12.6. The summed E-state index contributed by atoms with van der Waals surface area (Å²) in [5.41, 5.74) is 0.513. The highest BCUT2D eigenvalue weighted by Gasteiger charge is 2.17. The predicted molar refractivity (Wildman–Crippen MR) is 81.5 cm³/mol. The molecule has 1 atom stereocenters. The van der Waals surface area contributed by atoms with Crippen LogP contribution in [0, 0.1) is 5.92 Å². The first-order chi connectivity index (χ1) is 10.1. The van der Waals surface area contributed by atoms with Gasteiger partial charge in [0.1, 0.15) is 5.75 Å². The molecule has 0 aliphatic rings. The van der Waals surface area contributed by atoms with E-state index >= 15 is 0 Å². The highest BCUT2D eigenvalue weighted by molar-refractivity contribution is 5.93. The Hall–Kier alpha value is -2.04. The fourth-order valence-corrected chi connectivity index (χ4v) is 2.04. The van der Waals surface area contributed by atoms with Gasteiger partial charge in [0.2, 0.25) is 5.91 Å². The van der Waals surface area contributed by atoms with Crippen LogP contribution in [0.15, 0.2) is 24.3 Å². The molecule has 0 spiro atoms. The summed E-state index contributed by atoms with van der Waals surface area (Å²) in [6.45, 7) is 3.66. The van der Waals surface area contributed by atoms with Gasteiger partial charge in [0.05, 0.1) is 5.69 Å². The Bertz CT molecular complexity index is 473. The van der Waals surface area contributed by atoms with Crippen LogP contribution < -0.4 is 10.1 Å². The van der Waals surface area contributed by atoms with E-state index in [9.17, 15) is 9.59 Å².